The normalized spacial score (nSPS) is 10.0. The van der Waals surface area contributed by atoms with Crippen LogP contribution in [0.3, 0.4) is 0 Å². The van der Waals surface area contributed by atoms with E-state index in [4.69, 9.17) is 15.9 Å². The molecule has 0 aromatic rings. The predicted molar refractivity (Wildman–Crippen MR) is 55.5 cm³/mol. The monoisotopic (exact) mass is 241 g/mol. The van der Waals surface area contributed by atoms with Crippen molar-refractivity contribution in [2.45, 2.75) is 6.82 Å². The number of nitrogens with two attached hydrogens (primary N) is 1. The third-order valence-corrected chi connectivity index (χ3v) is 1.81. The van der Waals surface area contributed by atoms with Crippen molar-refractivity contribution in [2.24, 2.45) is 11.1 Å². The maximum absolute atomic E-state index is 11.4. The van der Waals surface area contributed by atoms with E-state index in [1.807, 2.05) is 5.23 Å². The summed E-state index contributed by atoms with van der Waals surface area (Å²) in [4.78, 5) is 44.7. The van der Waals surface area contributed by atoms with Gasteiger partial charge >= 0.3 is 24.9 Å². The molecule has 2 radical (unpaired) electrons. The third kappa shape index (κ3) is 2.56. The molecule has 17 heavy (non-hydrogen) atoms. The summed E-state index contributed by atoms with van der Waals surface area (Å²) in [6.45, 7) is 1.32. The molecule has 90 valence electrons. The SMILES string of the molecule is C[B]NC(=O)C(C(=O)O)(C(=O)O)C(=O)N[B]N. The Morgan fingerprint density at radius 2 is 1.47 bits per heavy atom. The highest BCUT2D eigenvalue weighted by molar-refractivity contribution is 6.45. The van der Waals surface area contributed by atoms with Crippen LogP contribution in [0.1, 0.15) is 0 Å². The topological polar surface area (TPSA) is 159 Å². The van der Waals surface area contributed by atoms with Gasteiger partial charge in [0.05, 0.1) is 0 Å². The minimum Gasteiger partial charge on any atom is -0.480 e. The molecule has 0 aromatic carbocycles. The van der Waals surface area contributed by atoms with Gasteiger partial charge in [0.2, 0.25) is 19.2 Å². The molecule has 9 nitrogen and oxygen atoms in total. The van der Waals surface area contributed by atoms with Crippen LogP contribution in [-0.2, 0) is 19.2 Å². The van der Waals surface area contributed by atoms with Crippen LogP contribution < -0.4 is 16.1 Å². The van der Waals surface area contributed by atoms with Gasteiger partial charge in [0, 0.05) is 0 Å². The van der Waals surface area contributed by atoms with E-state index in [1.165, 1.54) is 6.82 Å². The van der Waals surface area contributed by atoms with Crippen LogP contribution in [0, 0.1) is 5.41 Å². The third-order valence-electron chi connectivity index (χ3n) is 1.81. The second-order valence-corrected chi connectivity index (χ2v) is 2.76. The molecular weight excluding hydrogens is 232 g/mol. The standard InChI is InChI=1S/C6H9B2N3O6/c1-7-10-2(12)6(4(14)15,5(16)17)3(13)11-8-9/h9H2,1H3,(H,10,12)(H,11,13)(H,14,15)(H,16,17). The van der Waals surface area contributed by atoms with E-state index in [0.29, 0.717) is 7.55 Å². The second kappa shape index (κ2) is 5.89. The van der Waals surface area contributed by atoms with Crippen LogP contribution >= 0.6 is 0 Å². The number of carboxylic acid groups (broad SMARTS) is 2. The summed E-state index contributed by atoms with van der Waals surface area (Å²) in [5, 5.41) is 21.1. The molecule has 0 aliphatic rings. The van der Waals surface area contributed by atoms with Crippen molar-refractivity contribution in [1.82, 2.24) is 10.5 Å². The Balaban J connectivity index is 5.60. The smallest absolute Gasteiger partial charge is 0.345 e. The van der Waals surface area contributed by atoms with E-state index in [2.05, 4.69) is 0 Å². The van der Waals surface area contributed by atoms with Crippen molar-refractivity contribution >= 4 is 38.7 Å². The predicted octanol–water partition coefficient (Wildman–Crippen LogP) is -3.47. The van der Waals surface area contributed by atoms with Gasteiger partial charge in [0.15, 0.2) is 0 Å². The zero-order valence-corrected chi connectivity index (χ0v) is 8.76. The van der Waals surface area contributed by atoms with Gasteiger partial charge in [-0.3, -0.25) is 9.59 Å². The Labute approximate surface area is 97.3 Å². The molecule has 0 heterocycles. The quantitative estimate of drug-likeness (QED) is 0.238. The van der Waals surface area contributed by atoms with Crippen molar-refractivity contribution in [1.29, 1.82) is 0 Å². The summed E-state index contributed by atoms with van der Waals surface area (Å²) < 4.78 is 0. The van der Waals surface area contributed by atoms with E-state index in [1.54, 1.807) is 5.23 Å². The molecule has 0 spiro atoms. The van der Waals surface area contributed by atoms with E-state index in [-0.39, 0.29) is 0 Å². The molecule has 0 bridgehead atoms. The summed E-state index contributed by atoms with van der Waals surface area (Å²) in [6.07, 6.45) is 0. The molecule has 0 rings (SSSR count). The van der Waals surface area contributed by atoms with Gasteiger partial charge in [-0.2, -0.15) is 0 Å². The van der Waals surface area contributed by atoms with Crippen LogP contribution in [0.2, 0.25) is 6.82 Å². The van der Waals surface area contributed by atoms with E-state index in [9.17, 15) is 19.2 Å². The molecule has 0 saturated carbocycles. The number of amides is 2. The van der Waals surface area contributed by atoms with Crippen molar-refractivity contribution < 1.29 is 29.4 Å². The van der Waals surface area contributed by atoms with Gasteiger partial charge in [0.25, 0.3) is 0 Å². The number of hydrogen-bond donors (Lipinski definition) is 5. The lowest BCUT2D eigenvalue weighted by atomic mass is 9.82. The summed E-state index contributed by atoms with van der Waals surface area (Å²) in [6, 6.07) is 0. The van der Waals surface area contributed by atoms with Crippen molar-refractivity contribution in [3.63, 3.8) is 0 Å². The number of nitrogens with one attached hydrogen (secondary N) is 2. The zero-order valence-electron chi connectivity index (χ0n) is 8.76. The molecular formula is C6H9B2N3O6. The lowest BCUT2D eigenvalue weighted by Crippen LogP contribution is -2.62. The molecule has 0 aromatic heterocycles. The Kier molecular flexibility index (Phi) is 5.19. The molecule has 0 unspecified atom stereocenters. The molecule has 0 atom stereocenters. The Morgan fingerprint density at radius 3 is 1.76 bits per heavy atom. The fourth-order valence-electron chi connectivity index (χ4n) is 1.01. The van der Waals surface area contributed by atoms with Crippen molar-refractivity contribution in [3.05, 3.63) is 0 Å². The molecule has 2 amide bonds. The maximum atomic E-state index is 11.4. The first-order chi connectivity index (χ1) is 7.85. The highest BCUT2D eigenvalue weighted by Gasteiger charge is 2.60. The maximum Gasteiger partial charge on any atom is 0.345 e. The molecule has 0 saturated heterocycles. The first kappa shape index (κ1) is 15.0. The highest BCUT2D eigenvalue weighted by atomic mass is 16.4. The lowest BCUT2D eigenvalue weighted by molar-refractivity contribution is -0.171. The van der Waals surface area contributed by atoms with Gasteiger partial charge in [-0.1, -0.05) is 6.82 Å². The fourth-order valence-corrected chi connectivity index (χ4v) is 1.01. The minimum absolute atomic E-state index is 0.534. The van der Waals surface area contributed by atoms with Gasteiger partial charge in [-0.25, -0.2) is 9.59 Å². The second-order valence-electron chi connectivity index (χ2n) is 2.76. The van der Waals surface area contributed by atoms with Crippen LogP contribution in [0.15, 0.2) is 0 Å². The number of carboxylic acids is 2. The summed E-state index contributed by atoms with van der Waals surface area (Å²) in [5.41, 5.74) is 1.53. The Morgan fingerprint density at radius 1 is 1.06 bits per heavy atom. The number of carbonyl (C=O) groups is 4. The van der Waals surface area contributed by atoms with Crippen molar-refractivity contribution in [2.75, 3.05) is 0 Å². The van der Waals surface area contributed by atoms with Gasteiger partial charge in [-0.05, 0) is 0 Å². The number of hydrogen-bond acceptors (Lipinski definition) is 5. The van der Waals surface area contributed by atoms with Crippen molar-refractivity contribution in [3.8, 4) is 0 Å². The molecule has 0 fully saturated rings. The van der Waals surface area contributed by atoms with Crippen LogP contribution in [-0.4, -0.2) is 48.9 Å². The Bertz CT molecular complexity index is 326. The lowest BCUT2D eigenvalue weighted by Gasteiger charge is -2.22. The summed E-state index contributed by atoms with van der Waals surface area (Å²) >= 11 is 0. The highest BCUT2D eigenvalue weighted by Crippen LogP contribution is 2.19. The molecule has 6 N–H and O–H groups in total. The largest absolute Gasteiger partial charge is 0.480 e. The van der Waals surface area contributed by atoms with E-state index >= 15 is 0 Å². The summed E-state index contributed by atoms with van der Waals surface area (Å²) in [5.74, 6) is -7.31. The minimum atomic E-state index is -3.29. The zero-order chi connectivity index (χ0) is 13.6. The number of aliphatic carboxylic acids is 2. The Hall–Kier alpha value is -2.03. The van der Waals surface area contributed by atoms with Gasteiger partial charge in [-0.15, -0.1) is 0 Å². The first-order valence-electron chi connectivity index (χ1n) is 4.25. The first-order valence-corrected chi connectivity index (χ1v) is 4.25. The fraction of sp³-hybridized carbons (Fsp3) is 0.333. The number of rotatable bonds is 6. The summed E-state index contributed by atoms with van der Waals surface area (Å²) in [7, 11) is 1.54. The average molecular weight is 241 g/mol. The van der Waals surface area contributed by atoms with Gasteiger partial charge in [0.1, 0.15) is 0 Å². The van der Waals surface area contributed by atoms with Crippen LogP contribution in [0.5, 0.6) is 0 Å². The molecule has 0 aliphatic heterocycles. The van der Waals surface area contributed by atoms with E-state index < -0.39 is 29.2 Å². The number of carbonyl (C=O) groups excluding carboxylic acids is 2. The molecule has 11 heteroatoms. The van der Waals surface area contributed by atoms with E-state index in [0.717, 1.165) is 7.41 Å². The molecule has 0 aliphatic carbocycles. The van der Waals surface area contributed by atoms with Crippen LogP contribution in [0.25, 0.3) is 0 Å². The van der Waals surface area contributed by atoms with Crippen LogP contribution in [0.4, 0.5) is 0 Å². The van der Waals surface area contributed by atoms with Gasteiger partial charge < -0.3 is 26.3 Å². The average Bonchev–Trinajstić information content (AvgIpc) is 2.17.